The van der Waals surface area contributed by atoms with Crippen LogP contribution in [-0.2, 0) is 4.79 Å². The first-order chi connectivity index (χ1) is 5.43. The number of nitrogens with two attached hydrogens (primary N) is 2. The average molecular weight is 176 g/mol. The van der Waals surface area contributed by atoms with Gasteiger partial charge in [-0.3, -0.25) is 10.1 Å². The number of primary amides is 2. The minimum absolute atomic E-state index is 1.05. The SMILES string of the molecule is NC(=O)NC(NC(=O)O)C(N)=O. The van der Waals surface area contributed by atoms with Gasteiger partial charge in [-0.2, -0.15) is 0 Å². The molecule has 8 nitrogen and oxygen atoms in total. The van der Waals surface area contributed by atoms with E-state index in [1.165, 1.54) is 0 Å². The van der Waals surface area contributed by atoms with Gasteiger partial charge >= 0.3 is 12.1 Å². The molecule has 12 heavy (non-hydrogen) atoms. The van der Waals surface area contributed by atoms with Crippen LogP contribution in [0, 0.1) is 0 Å². The van der Waals surface area contributed by atoms with Crippen molar-refractivity contribution in [2.24, 2.45) is 11.5 Å². The van der Waals surface area contributed by atoms with E-state index in [0.29, 0.717) is 0 Å². The van der Waals surface area contributed by atoms with Crippen LogP contribution in [0.2, 0.25) is 0 Å². The summed E-state index contributed by atoms with van der Waals surface area (Å²) in [4.78, 5) is 30.5. The van der Waals surface area contributed by atoms with Crippen molar-refractivity contribution in [2.75, 3.05) is 0 Å². The molecule has 1 atom stereocenters. The molecule has 0 saturated carbocycles. The molecule has 0 rings (SSSR count). The van der Waals surface area contributed by atoms with E-state index in [1.54, 1.807) is 10.6 Å². The fraction of sp³-hybridized carbons (Fsp3) is 0.250. The Kier molecular flexibility index (Phi) is 3.34. The second-order valence-electron chi connectivity index (χ2n) is 1.79. The predicted octanol–water partition coefficient (Wildman–Crippen LogP) is -2.27. The van der Waals surface area contributed by atoms with Crippen molar-refractivity contribution < 1.29 is 19.5 Å². The second-order valence-corrected chi connectivity index (χ2v) is 1.79. The lowest BCUT2D eigenvalue weighted by Crippen LogP contribution is -2.56. The third-order valence-corrected chi connectivity index (χ3v) is 0.839. The van der Waals surface area contributed by atoms with Gasteiger partial charge in [-0.25, -0.2) is 9.59 Å². The van der Waals surface area contributed by atoms with Crippen LogP contribution in [0.5, 0.6) is 0 Å². The van der Waals surface area contributed by atoms with Gasteiger partial charge in [0.1, 0.15) is 0 Å². The van der Waals surface area contributed by atoms with Gasteiger partial charge in [-0.05, 0) is 0 Å². The van der Waals surface area contributed by atoms with Crippen LogP contribution < -0.4 is 22.1 Å². The van der Waals surface area contributed by atoms with E-state index in [2.05, 4.69) is 5.73 Å². The molecule has 0 spiro atoms. The molecule has 0 heterocycles. The fourth-order valence-corrected chi connectivity index (χ4v) is 0.444. The molecule has 8 heteroatoms. The highest BCUT2D eigenvalue weighted by molar-refractivity contribution is 5.87. The zero-order chi connectivity index (χ0) is 9.72. The second kappa shape index (κ2) is 4.01. The smallest absolute Gasteiger partial charge is 0.406 e. The van der Waals surface area contributed by atoms with Crippen LogP contribution in [0.25, 0.3) is 0 Å². The minimum Gasteiger partial charge on any atom is -0.465 e. The Bertz CT molecular complexity index is 199. The molecule has 0 saturated heterocycles. The maximum Gasteiger partial charge on any atom is 0.406 e. The Balaban J connectivity index is 4.14. The van der Waals surface area contributed by atoms with E-state index in [9.17, 15) is 14.4 Å². The molecule has 0 aromatic rings. The fourth-order valence-electron chi connectivity index (χ4n) is 0.444. The van der Waals surface area contributed by atoms with Gasteiger partial charge in [0, 0.05) is 0 Å². The van der Waals surface area contributed by atoms with Gasteiger partial charge in [0.15, 0.2) is 6.17 Å². The summed E-state index contributed by atoms with van der Waals surface area (Å²) in [5.41, 5.74) is 9.31. The van der Waals surface area contributed by atoms with Crippen molar-refractivity contribution in [1.82, 2.24) is 10.6 Å². The maximum atomic E-state index is 10.4. The molecular formula is C4H8N4O4. The molecule has 68 valence electrons. The van der Waals surface area contributed by atoms with E-state index in [4.69, 9.17) is 10.8 Å². The molecule has 0 fully saturated rings. The number of rotatable bonds is 3. The zero-order valence-electron chi connectivity index (χ0n) is 5.90. The monoisotopic (exact) mass is 176 g/mol. The summed E-state index contributed by atoms with van der Waals surface area (Å²) < 4.78 is 0. The number of carbonyl (C=O) groups excluding carboxylic acids is 2. The summed E-state index contributed by atoms with van der Waals surface area (Å²) in [6, 6.07) is -1.05. The summed E-state index contributed by atoms with van der Waals surface area (Å²) in [7, 11) is 0. The Morgan fingerprint density at radius 1 is 1.17 bits per heavy atom. The number of carbonyl (C=O) groups is 3. The first-order valence-corrected chi connectivity index (χ1v) is 2.78. The van der Waals surface area contributed by atoms with E-state index in [-0.39, 0.29) is 0 Å². The first-order valence-electron chi connectivity index (χ1n) is 2.78. The van der Waals surface area contributed by atoms with Gasteiger partial charge in [-0.15, -0.1) is 0 Å². The van der Waals surface area contributed by atoms with Crippen LogP contribution in [0.3, 0.4) is 0 Å². The third-order valence-electron chi connectivity index (χ3n) is 0.839. The van der Waals surface area contributed by atoms with Crippen LogP contribution in [0.4, 0.5) is 9.59 Å². The quantitative estimate of drug-likeness (QED) is 0.308. The van der Waals surface area contributed by atoms with E-state index in [1.807, 2.05) is 0 Å². The first kappa shape index (κ1) is 10.0. The van der Waals surface area contributed by atoms with E-state index < -0.39 is 24.2 Å². The van der Waals surface area contributed by atoms with E-state index in [0.717, 1.165) is 0 Å². The third kappa shape index (κ3) is 3.93. The largest absolute Gasteiger partial charge is 0.465 e. The van der Waals surface area contributed by atoms with E-state index >= 15 is 0 Å². The summed E-state index contributed by atoms with van der Waals surface area (Å²) in [6.07, 6.45) is -2.99. The predicted molar refractivity (Wildman–Crippen MR) is 36.9 cm³/mol. The number of carboxylic acid groups (broad SMARTS) is 1. The summed E-state index contributed by atoms with van der Waals surface area (Å²) >= 11 is 0. The van der Waals surface area contributed by atoms with Crippen molar-refractivity contribution in [2.45, 2.75) is 6.17 Å². The van der Waals surface area contributed by atoms with Gasteiger partial charge in [0.25, 0.3) is 5.91 Å². The molecule has 1 unspecified atom stereocenters. The van der Waals surface area contributed by atoms with Crippen molar-refractivity contribution in [3.8, 4) is 0 Å². The molecule has 0 aromatic heterocycles. The lowest BCUT2D eigenvalue weighted by molar-refractivity contribution is -0.120. The van der Waals surface area contributed by atoms with Crippen LogP contribution in [-0.4, -0.2) is 29.3 Å². The number of amides is 4. The van der Waals surface area contributed by atoms with Crippen LogP contribution >= 0.6 is 0 Å². The standard InChI is InChI=1S/C4H8N4O4/c5-1(9)2(7-3(6)10)8-4(11)12/h2,8H,(H2,5,9)(H,11,12)(H3,6,7,10). The Hall–Kier alpha value is -1.99. The minimum atomic E-state index is -1.50. The Morgan fingerprint density at radius 3 is 1.92 bits per heavy atom. The van der Waals surface area contributed by atoms with Crippen LogP contribution in [0.1, 0.15) is 0 Å². The van der Waals surface area contributed by atoms with Crippen molar-refractivity contribution in [3.05, 3.63) is 0 Å². The lowest BCUT2D eigenvalue weighted by Gasteiger charge is -2.12. The summed E-state index contributed by atoms with van der Waals surface area (Å²) in [5.74, 6) is -1.05. The van der Waals surface area contributed by atoms with Crippen molar-refractivity contribution in [3.63, 3.8) is 0 Å². The highest BCUT2D eigenvalue weighted by Gasteiger charge is 2.17. The molecule has 0 aliphatic rings. The Morgan fingerprint density at radius 2 is 1.67 bits per heavy atom. The van der Waals surface area contributed by atoms with Gasteiger partial charge < -0.3 is 21.9 Å². The number of nitrogens with one attached hydrogen (secondary N) is 2. The van der Waals surface area contributed by atoms with Gasteiger partial charge in [-0.1, -0.05) is 0 Å². The Labute approximate surface area is 66.9 Å². The molecule has 0 bridgehead atoms. The zero-order valence-corrected chi connectivity index (χ0v) is 5.90. The van der Waals surface area contributed by atoms with Crippen molar-refractivity contribution in [1.29, 1.82) is 0 Å². The topological polar surface area (TPSA) is 148 Å². The van der Waals surface area contributed by atoms with Crippen molar-refractivity contribution >= 4 is 18.0 Å². The molecule has 0 radical (unpaired) electrons. The molecule has 0 aliphatic carbocycles. The van der Waals surface area contributed by atoms with Gasteiger partial charge in [0.05, 0.1) is 0 Å². The molecule has 0 aliphatic heterocycles. The average Bonchev–Trinajstić information content (AvgIpc) is 1.83. The normalized spacial score (nSPS) is 11.3. The molecular weight excluding hydrogens is 168 g/mol. The van der Waals surface area contributed by atoms with Gasteiger partial charge in [0.2, 0.25) is 0 Å². The molecule has 0 aromatic carbocycles. The summed E-state index contributed by atoms with van der Waals surface area (Å²) in [6.45, 7) is 0. The number of hydrogen-bond donors (Lipinski definition) is 5. The molecule has 4 amide bonds. The number of hydrogen-bond acceptors (Lipinski definition) is 3. The highest BCUT2D eigenvalue weighted by Crippen LogP contribution is 1.75. The lowest BCUT2D eigenvalue weighted by atomic mass is 10.4. The maximum absolute atomic E-state index is 10.4. The highest BCUT2D eigenvalue weighted by atomic mass is 16.4. The number of urea groups is 1. The summed E-state index contributed by atoms with van der Waals surface area (Å²) in [5, 5.41) is 11.6. The van der Waals surface area contributed by atoms with Crippen LogP contribution in [0.15, 0.2) is 0 Å². The molecule has 7 N–H and O–H groups in total.